The summed E-state index contributed by atoms with van der Waals surface area (Å²) in [5.74, 6) is -1.01. The lowest BCUT2D eigenvalue weighted by Crippen LogP contribution is -2.16. The third-order valence-electron chi connectivity index (χ3n) is 2.98. The highest BCUT2D eigenvalue weighted by molar-refractivity contribution is 5.21. The highest BCUT2D eigenvalue weighted by atomic mass is 19.1. The van der Waals surface area contributed by atoms with Crippen molar-refractivity contribution in [2.24, 2.45) is 0 Å². The highest BCUT2D eigenvalue weighted by Crippen LogP contribution is 2.21. The Morgan fingerprint density at radius 2 is 1.71 bits per heavy atom. The van der Waals surface area contributed by atoms with Crippen LogP contribution < -0.4 is 5.32 Å². The summed E-state index contributed by atoms with van der Waals surface area (Å²) in [6.07, 6.45) is 5.58. The van der Waals surface area contributed by atoms with Crippen LogP contribution in [0.5, 0.6) is 0 Å². The number of unbranched alkanes of at least 4 members (excludes halogenated alkanes) is 3. The first-order valence-electron chi connectivity index (χ1n) is 6.30. The van der Waals surface area contributed by atoms with Crippen LogP contribution in [0.4, 0.5) is 8.78 Å². The predicted molar refractivity (Wildman–Crippen MR) is 66.9 cm³/mol. The molecule has 1 atom stereocenters. The molecule has 0 heterocycles. The van der Waals surface area contributed by atoms with Gasteiger partial charge in [0.2, 0.25) is 0 Å². The average molecular weight is 241 g/mol. The lowest BCUT2D eigenvalue weighted by atomic mass is 10.00. The van der Waals surface area contributed by atoms with Crippen LogP contribution in [0.1, 0.15) is 50.6 Å². The van der Waals surface area contributed by atoms with Crippen molar-refractivity contribution in [3.8, 4) is 0 Å². The second kappa shape index (κ2) is 7.38. The molecule has 1 aromatic rings. The first-order chi connectivity index (χ1) is 8.17. The summed E-state index contributed by atoms with van der Waals surface area (Å²) in [6.45, 7) is 2.16. The molecule has 3 heteroatoms. The van der Waals surface area contributed by atoms with E-state index in [2.05, 4.69) is 12.2 Å². The van der Waals surface area contributed by atoms with Crippen molar-refractivity contribution in [1.82, 2.24) is 5.32 Å². The van der Waals surface area contributed by atoms with Crippen molar-refractivity contribution in [2.45, 2.75) is 45.1 Å². The van der Waals surface area contributed by atoms with Crippen LogP contribution in [0.15, 0.2) is 18.2 Å². The Morgan fingerprint density at radius 1 is 1.06 bits per heavy atom. The number of nitrogens with one attached hydrogen (secondary N) is 1. The molecule has 0 bridgehead atoms. The molecular formula is C14H21F2N. The Hall–Kier alpha value is -0.960. The van der Waals surface area contributed by atoms with E-state index >= 15 is 0 Å². The quantitative estimate of drug-likeness (QED) is 0.706. The summed E-state index contributed by atoms with van der Waals surface area (Å²) in [5.41, 5.74) is 0.696. The zero-order chi connectivity index (χ0) is 12.7. The van der Waals surface area contributed by atoms with Gasteiger partial charge in [-0.1, -0.05) is 32.6 Å². The Morgan fingerprint density at radius 3 is 2.24 bits per heavy atom. The second-order valence-corrected chi connectivity index (χ2v) is 4.39. The van der Waals surface area contributed by atoms with Crippen molar-refractivity contribution >= 4 is 0 Å². The first-order valence-corrected chi connectivity index (χ1v) is 6.30. The topological polar surface area (TPSA) is 12.0 Å². The van der Waals surface area contributed by atoms with Crippen LogP contribution in [-0.2, 0) is 0 Å². The molecule has 0 saturated heterocycles. The van der Waals surface area contributed by atoms with Crippen LogP contribution in [0, 0.1) is 11.6 Å². The van der Waals surface area contributed by atoms with Gasteiger partial charge in [0.15, 0.2) is 0 Å². The van der Waals surface area contributed by atoms with Gasteiger partial charge in [0.25, 0.3) is 0 Å². The van der Waals surface area contributed by atoms with E-state index in [1.165, 1.54) is 31.4 Å². The smallest absolute Gasteiger partial charge is 0.126 e. The van der Waals surface area contributed by atoms with Crippen LogP contribution in [0.3, 0.4) is 0 Å². The molecule has 1 nitrogen and oxygen atoms in total. The zero-order valence-electron chi connectivity index (χ0n) is 10.6. The van der Waals surface area contributed by atoms with Crippen LogP contribution in [0.2, 0.25) is 0 Å². The molecule has 1 unspecified atom stereocenters. The maximum absolute atomic E-state index is 13.1. The van der Waals surface area contributed by atoms with Gasteiger partial charge in [-0.3, -0.25) is 0 Å². The van der Waals surface area contributed by atoms with Crippen molar-refractivity contribution in [3.63, 3.8) is 0 Å². The maximum Gasteiger partial charge on any atom is 0.126 e. The van der Waals surface area contributed by atoms with Crippen LogP contribution in [0.25, 0.3) is 0 Å². The molecule has 0 aliphatic rings. The third kappa shape index (κ3) is 4.82. The molecular weight excluding hydrogens is 220 g/mol. The molecule has 96 valence electrons. The van der Waals surface area contributed by atoms with Gasteiger partial charge in [-0.25, -0.2) is 8.78 Å². The number of benzene rings is 1. The molecule has 17 heavy (non-hydrogen) atoms. The minimum Gasteiger partial charge on any atom is -0.313 e. The molecule has 0 fully saturated rings. The Bertz CT molecular complexity index is 319. The lowest BCUT2D eigenvalue weighted by molar-refractivity contribution is 0.496. The number of halogens is 2. The van der Waals surface area contributed by atoms with Crippen molar-refractivity contribution in [3.05, 3.63) is 35.4 Å². The Labute approximate surface area is 102 Å². The highest BCUT2D eigenvalue weighted by Gasteiger charge is 2.11. The monoisotopic (exact) mass is 241 g/mol. The van der Waals surface area contributed by atoms with Gasteiger partial charge in [-0.05, 0) is 31.2 Å². The summed E-state index contributed by atoms with van der Waals surface area (Å²) in [4.78, 5) is 0. The largest absolute Gasteiger partial charge is 0.313 e. The zero-order valence-corrected chi connectivity index (χ0v) is 10.6. The maximum atomic E-state index is 13.1. The number of rotatable bonds is 7. The molecule has 0 saturated carbocycles. The first kappa shape index (κ1) is 14.1. The van der Waals surface area contributed by atoms with E-state index in [1.54, 1.807) is 0 Å². The van der Waals surface area contributed by atoms with Crippen molar-refractivity contribution in [2.75, 3.05) is 7.05 Å². The van der Waals surface area contributed by atoms with E-state index in [4.69, 9.17) is 0 Å². The standard InChI is InChI=1S/C14H21F2N/c1-3-4-5-6-7-14(17-2)11-8-12(15)10-13(16)9-11/h8-10,14,17H,3-7H2,1-2H3. The van der Waals surface area contributed by atoms with Crippen LogP contribution >= 0.6 is 0 Å². The molecule has 0 aliphatic carbocycles. The van der Waals surface area contributed by atoms with E-state index in [0.717, 1.165) is 18.9 Å². The molecule has 1 N–H and O–H groups in total. The Kier molecular flexibility index (Phi) is 6.12. The van der Waals surface area contributed by atoms with Gasteiger partial charge < -0.3 is 5.32 Å². The fourth-order valence-electron chi connectivity index (χ4n) is 2.03. The molecule has 1 aromatic carbocycles. The van der Waals surface area contributed by atoms with E-state index in [9.17, 15) is 8.78 Å². The van der Waals surface area contributed by atoms with Crippen molar-refractivity contribution < 1.29 is 8.78 Å². The number of hydrogen-bond acceptors (Lipinski definition) is 1. The van der Waals surface area contributed by atoms with Crippen LogP contribution in [-0.4, -0.2) is 7.05 Å². The summed E-state index contributed by atoms with van der Waals surface area (Å²) >= 11 is 0. The van der Waals surface area contributed by atoms with E-state index in [-0.39, 0.29) is 6.04 Å². The minimum absolute atomic E-state index is 0.0389. The molecule has 0 spiro atoms. The SMILES string of the molecule is CCCCCCC(NC)c1cc(F)cc(F)c1. The fraction of sp³-hybridized carbons (Fsp3) is 0.571. The summed E-state index contributed by atoms with van der Waals surface area (Å²) in [7, 11) is 1.83. The molecule has 1 rings (SSSR count). The van der Waals surface area contributed by atoms with Gasteiger partial charge in [0, 0.05) is 12.1 Å². The normalized spacial score (nSPS) is 12.7. The molecule has 0 radical (unpaired) electrons. The third-order valence-corrected chi connectivity index (χ3v) is 2.98. The van der Waals surface area contributed by atoms with E-state index in [0.29, 0.717) is 5.56 Å². The fourth-order valence-corrected chi connectivity index (χ4v) is 2.03. The summed E-state index contributed by atoms with van der Waals surface area (Å²) < 4.78 is 26.2. The minimum atomic E-state index is -0.506. The molecule has 0 amide bonds. The molecule has 0 aliphatic heterocycles. The Balaban J connectivity index is 2.59. The van der Waals surface area contributed by atoms with Gasteiger partial charge in [-0.2, -0.15) is 0 Å². The molecule has 0 aromatic heterocycles. The second-order valence-electron chi connectivity index (χ2n) is 4.39. The van der Waals surface area contributed by atoms with E-state index in [1.807, 2.05) is 7.05 Å². The predicted octanol–water partition coefficient (Wildman–Crippen LogP) is 4.20. The lowest BCUT2D eigenvalue weighted by Gasteiger charge is -2.16. The van der Waals surface area contributed by atoms with Gasteiger partial charge >= 0.3 is 0 Å². The van der Waals surface area contributed by atoms with Crippen molar-refractivity contribution in [1.29, 1.82) is 0 Å². The van der Waals surface area contributed by atoms with Gasteiger partial charge in [0.05, 0.1) is 0 Å². The summed E-state index contributed by atoms with van der Waals surface area (Å²) in [6, 6.07) is 3.76. The summed E-state index contributed by atoms with van der Waals surface area (Å²) in [5, 5.41) is 3.12. The average Bonchev–Trinajstić information content (AvgIpc) is 2.28. The van der Waals surface area contributed by atoms with Gasteiger partial charge in [0.1, 0.15) is 11.6 Å². The number of hydrogen-bond donors (Lipinski definition) is 1. The van der Waals surface area contributed by atoms with Gasteiger partial charge in [-0.15, -0.1) is 0 Å². The van der Waals surface area contributed by atoms with E-state index < -0.39 is 11.6 Å².